The zero-order valence-corrected chi connectivity index (χ0v) is 21.2. The summed E-state index contributed by atoms with van der Waals surface area (Å²) in [5, 5.41) is 3.31. The zero-order valence-electron chi connectivity index (χ0n) is 18.8. The van der Waals surface area contributed by atoms with Gasteiger partial charge >= 0.3 is 6.09 Å². The molecule has 2 saturated heterocycles. The van der Waals surface area contributed by atoms with Gasteiger partial charge in [0.1, 0.15) is 5.60 Å². The van der Waals surface area contributed by atoms with Crippen molar-refractivity contribution >= 4 is 47.8 Å². The van der Waals surface area contributed by atoms with Crippen LogP contribution in [0.5, 0.6) is 0 Å². The van der Waals surface area contributed by atoms with Gasteiger partial charge in [0, 0.05) is 32.7 Å². The summed E-state index contributed by atoms with van der Waals surface area (Å²) in [5.41, 5.74) is -0.508. The summed E-state index contributed by atoms with van der Waals surface area (Å²) in [7, 11) is 0. The maximum absolute atomic E-state index is 12.8. The van der Waals surface area contributed by atoms with Crippen molar-refractivity contribution < 1.29 is 19.1 Å². The lowest BCUT2D eigenvalue weighted by Crippen LogP contribution is -2.58. The molecule has 32 heavy (non-hydrogen) atoms. The number of likely N-dealkylation sites (tertiary alicyclic amines) is 1. The molecule has 0 radical (unpaired) electrons. The lowest BCUT2D eigenvalue weighted by atomic mass is 9.85. The number of halogens is 1. The number of carbonyl (C=O) groups excluding carboxylic acids is 3. The maximum atomic E-state index is 12.8. The molecule has 3 aliphatic heterocycles. The highest BCUT2D eigenvalue weighted by atomic mass is 127. The van der Waals surface area contributed by atoms with Crippen LogP contribution in [0.2, 0.25) is 0 Å². The number of allylic oxidation sites excluding steroid dienone is 2. The summed E-state index contributed by atoms with van der Waals surface area (Å²) in [6.07, 6.45) is 4.90. The highest BCUT2D eigenvalue weighted by Crippen LogP contribution is 2.52. The highest BCUT2D eigenvalue weighted by Gasteiger charge is 2.59. The van der Waals surface area contributed by atoms with E-state index in [-0.39, 0.29) is 71.6 Å². The molecule has 1 N–H and O–H groups in total. The second kappa shape index (κ2) is 8.49. The normalized spacial score (nSPS) is 32.7. The van der Waals surface area contributed by atoms with Crippen LogP contribution < -0.4 is 5.32 Å². The predicted molar refractivity (Wildman–Crippen MR) is 128 cm³/mol. The van der Waals surface area contributed by atoms with Crippen LogP contribution in [0.25, 0.3) is 0 Å². The predicted octanol–water partition coefficient (Wildman–Crippen LogP) is 1.29. The smallest absolute Gasteiger partial charge is 0.410 e. The van der Waals surface area contributed by atoms with Crippen LogP contribution in [0.3, 0.4) is 0 Å². The molecule has 5 aliphatic rings. The van der Waals surface area contributed by atoms with Crippen molar-refractivity contribution in [2.24, 2.45) is 28.7 Å². The number of aliphatic imine (C=N–C) groups is 1. The van der Waals surface area contributed by atoms with E-state index in [4.69, 9.17) is 4.74 Å². The van der Waals surface area contributed by atoms with Crippen LogP contribution in [0.15, 0.2) is 17.1 Å². The molecule has 0 aromatic rings. The fourth-order valence-electron chi connectivity index (χ4n) is 5.69. The molecule has 5 atom stereocenters. The number of amides is 3. The van der Waals surface area contributed by atoms with Gasteiger partial charge in [-0.25, -0.2) is 4.79 Å². The first-order chi connectivity index (χ1) is 14.7. The Kier molecular flexibility index (Phi) is 6.19. The molecule has 9 nitrogen and oxygen atoms in total. The van der Waals surface area contributed by atoms with Gasteiger partial charge in [0.2, 0.25) is 11.8 Å². The molecular formula is C22H32IN5O4. The van der Waals surface area contributed by atoms with Gasteiger partial charge in [0.05, 0.1) is 24.4 Å². The average molecular weight is 557 g/mol. The maximum Gasteiger partial charge on any atom is 0.410 e. The molecule has 176 valence electrons. The van der Waals surface area contributed by atoms with Crippen LogP contribution >= 0.6 is 24.0 Å². The summed E-state index contributed by atoms with van der Waals surface area (Å²) in [5.74, 6) is 0.969. The fraction of sp³-hybridized carbons (Fsp3) is 0.727. The third-order valence-electron chi connectivity index (χ3n) is 7.04. The zero-order chi connectivity index (χ0) is 21.9. The third kappa shape index (κ3) is 3.99. The Morgan fingerprint density at radius 2 is 1.81 bits per heavy atom. The standard InChI is InChI=1S/C22H31N5O4.HI/c1-22(2,3)31-21(30)25-8-9-26-15(12-25)11-24-20(26)23-6-7-27-18(28)16-13-4-5-14(10-13)17(16)19(27)29;/h4-5,13-17H,6-12H2,1-3H3,(H,23,24);1H. The molecule has 5 unspecified atom stereocenters. The summed E-state index contributed by atoms with van der Waals surface area (Å²) >= 11 is 0. The van der Waals surface area contributed by atoms with E-state index in [1.165, 1.54) is 4.90 Å². The van der Waals surface area contributed by atoms with E-state index in [1.54, 1.807) is 4.90 Å². The van der Waals surface area contributed by atoms with Crippen molar-refractivity contribution in [3.8, 4) is 0 Å². The van der Waals surface area contributed by atoms with Gasteiger partial charge in [-0.2, -0.15) is 0 Å². The average Bonchev–Trinajstić information content (AvgIpc) is 3.46. The SMILES string of the molecule is CC(C)(C)OC(=O)N1CCN2C(NCCN3C(=O)C4C5C=CC(C5)C4C3=O)=NCC2C1.I. The first-order valence-electron chi connectivity index (χ1n) is 11.3. The number of nitrogens with zero attached hydrogens (tertiary/aromatic N) is 4. The second-order valence-corrected chi connectivity index (χ2v) is 10.2. The van der Waals surface area contributed by atoms with Gasteiger partial charge in [0.25, 0.3) is 0 Å². The minimum Gasteiger partial charge on any atom is -0.444 e. The number of carbonyl (C=O) groups is 3. The van der Waals surface area contributed by atoms with Crippen molar-refractivity contribution in [3.63, 3.8) is 0 Å². The molecule has 3 fully saturated rings. The Labute approximate surface area is 205 Å². The lowest BCUT2D eigenvalue weighted by Gasteiger charge is -2.39. The minimum absolute atomic E-state index is 0. The number of nitrogens with one attached hydrogen (secondary N) is 1. The van der Waals surface area contributed by atoms with Crippen molar-refractivity contribution in [1.82, 2.24) is 20.0 Å². The Morgan fingerprint density at radius 1 is 1.16 bits per heavy atom. The largest absolute Gasteiger partial charge is 0.444 e. The Bertz CT molecular complexity index is 839. The van der Waals surface area contributed by atoms with E-state index in [2.05, 4.69) is 27.4 Å². The van der Waals surface area contributed by atoms with Crippen LogP contribution in [0, 0.1) is 23.7 Å². The van der Waals surface area contributed by atoms with Crippen LogP contribution in [0.4, 0.5) is 4.79 Å². The topological polar surface area (TPSA) is 94.5 Å². The molecular weight excluding hydrogens is 525 g/mol. The molecule has 0 aromatic carbocycles. The van der Waals surface area contributed by atoms with E-state index < -0.39 is 5.60 Å². The fourth-order valence-corrected chi connectivity index (χ4v) is 5.69. The molecule has 2 bridgehead atoms. The molecule has 3 heterocycles. The number of rotatable bonds is 3. The number of guanidine groups is 1. The van der Waals surface area contributed by atoms with Gasteiger partial charge in [-0.1, -0.05) is 12.2 Å². The van der Waals surface area contributed by atoms with Crippen LogP contribution in [-0.2, 0) is 14.3 Å². The number of ether oxygens (including phenoxy) is 1. The molecule has 1 saturated carbocycles. The van der Waals surface area contributed by atoms with Crippen molar-refractivity contribution in [3.05, 3.63) is 12.2 Å². The van der Waals surface area contributed by atoms with Crippen molar-refractivity contribution in [1.29, 1.82) is 0 Å². The van der Waals surface area contributed by atoms with Gasteiger partial charge in [-0.15, -0.1) is 24.0 Å². The summed E-state index contributed by atoms with van der Waals surface area (Å²) < 4.78 is 5.49. The number of hydrogen-bond acceptors (Lipinski definition) is 7. The van der Waals surface area contributed by atoms with Crippen LogP contribution in [-0.4, -0.2) is 89.5 Å². The Hall–Kier alpha value is -1.85. The first-order valence-corrected chi connectivity index (χ1v) is 11.3. The first kappa shape index (κ1) is 23.3. The summed E-state index contributed by atoms with van der Waals surface area (Å²) in [6.45, 7) is 8.90. The molecule has 2 aliphatic carbocycles. The van der Waals surface area contributed by atoms with Crippen molar-refractivity contribution in [2.75, 3.05) is 39.3 Å². The van der Waals surface area contributed by atoms with Crippen molar-refractivity contribution in [2.45, 2.75) is 38.8 Å². The van der Waals surface area contributed by atoms with Gasteiger partial charge in [-0.05, 0) is 39.0 Å². The molecule has 3 amide bonds. The molecule has 0 aromatic heterocycles. The number of hydrogen-bond donors (Lipinski definition) is 1. The quantitative estimate of drug-likeness (QED) is 0.320. The Morgan fingerprint density at radius 3 is 2.44 bits per heavy atom. The number of piperazine rings is 1. The van der Waals surface area contributed by atoms with Gasteiger partial charge in [-0.3, -0.25) is 19.5 Å². The van der Waals surface area contributed by atoms with E-state index >= 15 is 0 Å². The Balaban J connectivity index is 0.00000245. The minimum atomic E-state index is -0.508. The van der Waals surface area contributed by atoms with Crippen LogP contribution in [0.1, 0.15) is 27.2 Å². The highest BCUT2D eigenvalue weighted by molar-refractivity contribution is 14.0. The summed E-state index contributed by atoms with van der Waals surface area (Å²) in [6, 6.07) is 0.125. The lowest BCUT2D eigenvalue weighted by molar-refractivity contribution is -0.140. The number of imide groups is 1. The molecule has 0 spiro atoms. The van der Waals surface area contributed by atoms with E-state index in [9.17, 15) is 14.4 Å². The van der Waals surface area contributed by atoms with E-state index in [0.29, 0.717) is 39.3 Å². The third-order valence-corrected chi connectivity index (χ3v) is 7.04. The molecule has 5 rings (SSSR count). The van der Waals surface area contributed by atoms with Gasteiger partial charge < -0.3 is 19.9 Å². The monoisotopic (exact) mass is 557 g/mol. The number of fused-ring (bicyclic) bond motifs is 6. The molecule has 10 heteroatoms. The van der Waals surface area contributed by atoms with E-state index in [1.807, 2.05) is 20.8 Å². The second-order valence-electron chi connectivity index (χ2n) is 10.2. The van der Waals surface area contributed by atoms with E-state index in [0.717, 1.165) is 12.4 Å². The van der Waals surface area contributed by atoms with Gasteiger partial charge in [0.15, 0.2) is 5.96 Å². The summed E-state index contributed by atoms with van der Waals surface area (Å²) in [4.78, 5) is 47.9.